The normalized spacial score (nSPS) is 17.5. The monoisotopic (exact) mass is 365 g/mol. The number of likely N-dealkylation sites (tertiary alicyclic amines) is 1. The summed E-state index contributed by atoms with van der Waals surface area (Å²) in [6.45, 7) is 3.94. The lowest BCUT2D eigenvalue weighted by atomic mass is 10.1. The zero-order valence-electron chi connectivity index (χ0n) is 15.5. The fraction of sp³-hybridized carbons (Fsp3) is 0.318. The maximum Gasteiger partial charge on any atom is 0.123 e. The molecule has 0 bridgehead atoms. The number of hydrogen-bond acceptors (Lipinski definition) is 3. The van der Waals surface area contributed by atoms with Crippen molar-refractivity contribution in [2.24, 2.45) is 0 Å². The van der Waals surface area contributed by atoms with Crippen molar-refractivity contribution < 1.29 is 9.50 Å². The van der Waals surface area contributed by atoms with Gasteiger partial charge in [-0.25, -0.2) is 9.07 Å². The van der Waals surface area contributed by atoms with Gasteiger partial charge in [-0.1, -0.05) is 17.7 Å². The van der Waals surface area contributed by atoms with Gasteiger partial charge < -0.3 is 5.11 Å². The predicted molar refractivity (Wildman–Crippen MR) is 104 cm³/mol. The number of aliphatic hydroxyl groups is 1. The molecular formula is C22H24FN3O. The number of rotatable bonds is 5. The molecule has 1 aliphatic heterocycles. The number of benzene rings is 2. The van der Waals surface area contributed by atoms with Crippen LogP contribution in [0.1, 0.15) is 24.0 Å². The first-order valence-electron chi connectivity index (χ1n) is 9.40. The Morgan fingerprint density at radius 1 is 1.11 bits per heavy atom. The number of aliphatic hydroxyl groups excluding tert-OH is 1. The lowest BCUT2D eigenvalue weighted by molar-refractivity contribution is 0.154. The summed E-state index contributed by atoms with van der Waals surface area (Å²) in [5.74, 6) is -0.252. The van der Waals surface area contributed by atoms with Crippen LogP contribution in [0.25, 0.3) is 16.9 Å². The molecule has 1 saturated heterocycles. The molecule has 2 aromatic carbocycles. The van der Waals surface area contributed by atoms with Gasteiger partial charge in [-0.2, -0.15) is 5.10 Å². The summed E-state index contributed by atoms with van der Waals surface area (Å²) in [6, 6.07) is 14.9. The molecule has 0 radical (unpaired) electrons. The minimum atomic E-state index is -0.252. The molecule has 0 aliphatic carbocycles. The van der Waals surface area contributed by atoms with Crippen LogP contribution < -0.4 is 0 Å². The second-order valence-corrected chi connectivity index (χ2v) is 7.24. The lowest BCUT2D eigenvalue weighted by Gasteiger charge is -2.22. The lowest BCUT2D eigenvalue weighted by Crippen LogP contribution is -2.31. The summed E-state index contributed by atoms with van der Waals surface area (Å²) in [7, 11) is 0. The number of aromatic nitrogens is 2. The van der Waals surface area contributed by atoms with E-state index in [4.69, 9.17) is 5.10 Å². The molecule has 1 atom stereocenters. The molecule has 0 spiro atoms. The Labute approximate surface area is 158 Å². The van der Waals surface area contributed by atoms with Crippen molar-refractivity contribution in [2.75, 3.05) is 13.2 Å². The zero-order chi connectivity index (χ0) is 18.8. The van der Waals surface area contributed by atoms with Gasteiger partial charge in [0.15, 0.2) is 0 Å². The zero-order valence-corrected chi connectivity index (χ0v) is 15.5. The highest BCUT2D eigenvalue weighted by molar-refractivity contribution is 5.63. The van der Waals surface area contributed by atoms with Gasteiger partial charge >= 0.3 is 0 Å². The van der Waals surface area contributed by atoms with Crippen molar-refractivity contribution in [3.8, 4) is 16.9 Å². The third-order valence-electron chi connectivity index (χ3n) is 5.29. The van der Waals surface area contributed by atoms with Crippen LogP contribution in [-0.2, 0) is 6.54 Å². The summed E-state index contributed by atoms with van der Waals surface area (Å²) in [4.78, 5) is 2.31. The fourth-order valence-corrected chi connectivity index (χ4v) is 3.73. The molecule has 1 aromatic heterocycles. The molecule has 1 fully saturated rings. The molecule has 140 valence electrons. The van der Waals surface area contributed by atoms with E-state index in [1.807, 2.05) is 16.8 Å². The van der Waals surface area contributed by atoms with E-state index >= 15 is 0 Å². The molecule has 1 N–H and O–H groups in total. The van der Waals surface area contributed by atoms with Gasteiger partial charge in [-0.15, -0.1) is 0 Å². The van der Waals surface area contributed by atoms with Crippen LogP contribution in [0.2, 0.25) is 0 Å². The second-order valence-electron chi connectivity index (χ2n) is 7.24. The Balaban J connectivity index is 1.72. The number of nitrogens with zero attached hydrogens (tertiary/aromatic N) is 3. The van der Waals surface area contributed by atoms with Crippen LogP contribution in [0.5, 0.6) is 0 Å². The second kappa shape index (κ2) is 7.62. The third kappa shape index (κ3) is 3.80. The van der Waals surface area contributed by atoms with Gasteiger partial charge in [-0.3, -0.25) is 4.90 Å². The molecule has 4 nitrogen and oxygen atoms in total. The minimum absolute atomic E-state index is 0.179. The maximum atomic E-state index is 13.4. The first-order chi connectivity index (χ1) is 13.1. The van der Waals surface area contributed by atoms with E-state index in [-0.39, 0.29) is 18.5 Å². The largest absolute Gasteiger partial charge is 0.395 e. The van der Waals surface area contributed by atoms with Crippen molar-refractivity contribution in [3.63, 3.8) is 0 Å². The van der Waals surface area contributed by atoms with Crippen LogP contribution in [0.15, 0.2) is 54.7 Å². The van der Waals surface area contributed by atoms with Gasteiger partial charge in [0, 0.05) is 29.9 Å². The summed E-state index contributed by atoms with van der Waals surface area (Å²) < 4.78 is 15.3. The molecule has 1 aliphatic rings. The van der Waals surface area contributed by atoms with E-state index in [1.54, 1.807) is 12.1 Å². The van der Waals surface area contributed by atoms with Crippen molar-refractivity contribution in [2.45, 2.75) is 32.4 Å². The molecule has 3 aromatic rings. The standard InChI is InChI=1S/C22H24FN3O/c1-16-4-10-20(11-5-16)26-14-18(13-25-12-2-3-21(25)15-27)22(24-26)17-6-8-19(23)9-7-17/h4-11,14,21,27H,2-3,12-13,15H2,1H3/t21-/m0/s1. The summed E-state index contributed by atoms with van der Waals surface area (Å²) in [5, 5.41) is 14.4. The number of aryl methyl sites for hydroxylation is 1. The van der Waals surface area contributed by atoms with Gasteiger partial charge in [-0.05, 0) is 62.7 Å². The van der Waals surface area contributed by atoms with Gasteiger partial charge in [0.05, 0.1) is 18.0 Å². The Kier molecular flexibility index (Phi) is 5.05. The molecule has 5 heteroatoms. The summed E-state index contributed by atoms with van der Waals surface area (Å²) in [5.41, 5.74) is 5.04. The van der Waals surface area contributed by atoms with Gasteiger partial charge in [0.2, 0.25) is 0 Å². The molecule has 2 heterocycles. The van der Waals surface area contributed by atoms with Crippen LogP contribution in [0.4, 0.5) is 4.39 Å². The van der Waals surface area contributed by atoms with Crippen LogP contribution in [0.3, 0.4) is 0 Å². The van der Waals surface area contributed by atoms with Crippen LogP contribution in [0, 0.1) is 12.7 Å². The predicted octanol–water partition coefficient (Wildman–Crippen LogP) is 3.94. The Bertz CT molecular complexity index is 902. The third-order valence-corrected chi connectivity index (χ3v) is 5.29. The minimum Gasteiger partial charge on any atom is -0.395 e. The molecule has 27 heavy (non-hydrogen) atoms. The van der Waals surface area contributed by atoms with Crippen molar-refractivity contribution in [3.05, 3.63) is 71.7 Å². The Hall–Kier alpha value is -2.50. The highest BCUT2D eigenvalue weighted by Gasteiger charge is 2.25. The van der Waals surface area contributed by atoms with E-state index in [1.165, 1.54) is 17.7 Å². The molecule has 0 unspecified atom stereocenters. The van der Waals surface area contributed by atoms with E-state index in [0.29, 0.717) is 0 Å². The Morgan fingerprint density at radius 3 is 2.56 bits per heavy atom. The fourth-order valence-electron chi connectivity index (χ4n) is 3.73. The van der Waals surface area contributed by atoms with Gasteiger partial charge in [0.1, 0.15) is 5.82 Å². The molecule has 0 amide bonds. The van der Waals surface area contributed by atoms with Crippen molar-refractivity contribution in [1.82, 2.24) is 14.7 Å². The summed E-state index contributed by atoms with van der Waals surface area (Å²) in [6.07, 6.45) is 4.17. The number of halogens is 1. The van der Waals surface area contributed by atoms with E-state index in [0.717, 1.165) is 48.4 Å². The van der Waals surface area contributed by atoms with Crippen molar-refractivity contribution in [1.29, 1.82) is 0 Å². The molecule has 4 rings (SSSR count). The van der Waals surface area contributed by atoms with E-state index < -0.39 is 0 Å². The average Bonchev–Trinajstić information content (AvgIpc) is 3.30. The van der Waals surface area contributed by atoms with Crippen LogP contribution >= 0.6 is 0 Å². The van der Waals surface area contributed by atoms with Crippen LogP contribution in [-0.4, -0.2) is 39.0 Å². The molecular weight excluding hydrogens is 341 g/mol. The van der Waals surface area contributed by atoms with Gasteiger partial charge in [0.25, 0.3) is 0 Å². The topological polar surface area (TPSA) is 41.3 Å². The first-order valence-corrected chi connectivity index (χ1v) is 9.40. The maximum absolute atomic E-state index is 13.4. The number of hydrogen-bond donors (Lipinski definition) is 1. The highest BCUT2D eigenvalue weighted by atomic mass is 19.1. The molecule has 0 saturated carbocycles. The quantitative estimate of drug-likeness (QED) is 0.744. The highest BCUT2D eigenvalue weighted by Crippen LogP contribution is 2.28. The van der Waals surface area contributed by atoms with E-state index in [9.17, 15) is 9.50 Å². The van der Waals surface area contributed by atoms with Crippen molar-refractivity contribution >= 4 is 0 Å². The summed E-state index contributed by atoms with van der Waals surface area (Å²) >= 11 is 0. The Morgan fingerprint density at radius 2 is 1.85 bits per heavy atom. The first kappa shape index (κ1) is 17.9. The average molecular weight is 365 g/mol. The SMILES string of the molecule is Cc1ccc(-n2cc(CN3CCC[C@H]3CO)c(-c3ccc(F)cc3)n2)cc1. The van der Waals surface area contributed by atoms with E-state index in [2.05, 4.69) is 30.2 Å². The smallest absolute Gasteiger partial charge is 0.123 e.